The van der Waals surface area contributed by atoms with Crippen molar-refractivity contribution in [2.75, 3.05) is 6.54 Å². The van der Waals surface area contributed by atoms with Crippen LogP contribution in [0, 0.1) is 0 Å². The molecule has 0 atom stereocenters. The van der Waals surface area contributed by atoms with E-state index in [4.69, 9.17) is 0 Å². The summed E-state index contributed by atoms with van der Waals surface area (Å²) < 4.78 is 0. The summed E-state index contributed by atoms with van der Waals surface area (Å²) in [6.07, 6.45) is 3.42. The molecule has 2 nitrogen and oxygen atoms in total. The standard InChI is InChI=1S/C15H20N2/c1-3-15(4-2)14-12(9-10-16-15)11-7-5-6-8-13(11)17-14/h5-8,16-17H,3-4,9-10H2,1-2H3. The lowest BCUT2D eigenvalue weighted by atomic mass is 9.83. The van der Waals surface area contributed by atoms with Crippen LogP contribution in [-0.4, -0.2) is 11.5 Å². The fourth-order valence-electron chi connectivity index (χ4n) is 3.24. The van der Waals surface area contributed by atoms with Crippen molar-refractivity contribution in [2.24, 2.45) is 0 Å². The minimum Gasteiger partial charge on any atom is -0.357 e. The topological polar surface area (TPSA) is 27.8 Å². The number of hydrogen-bond donors (Lipinski definition) is 2. The molecule has 1 aliphatic heterocycles. The Kier molecular flexibility index (Phi) is 2.48. The predicted molar refractivity (Wildman–Crippen MR) is 72.3 cm³/mol. The van der Waals surface area contributed by atoms with Gasteiger partial charge in [-0.05, 0) is 30.9 Å². The Bertz CT molecular complexity index is 535. The highest BCUT2D eigenvalue weighted by Gasteiger charge is 2.35. The van der Waals surface area contributed by atoms with Gasteiger partial charge in [-0.2, -0.15) is 0 Å². The summed E-state index contributed by atoms with van der Waals surface area (Å²) in [4.78, 5) is 3.65. The highest BCUT2D eigenvalue weighted by atomic mass is 15.0. The summed E-state index contributed by atoms with van der Waals surface area (Å²) in [5.74, 6) is 0. The van der Waals surface area contributed by atoms with Gasteiger partial charge in [-0.15, -0.1) is 0 Å². The van der Waals surface area contributed by atoms with Crippen LogP contribution in [0.3, 0.4) is 0 Å². The lowest BCUT2D eigenvalue weighted by molar-refractivity contribution is 0.286. The first-order valence-electron chi connectivity index (χ1n) is 6.66. The Balaban J connectivity index is 2.27. The van der Waals surface area contributed by atoms with Gasteiger partial charge in [0.25, 0.3) is 0 Å². The third-order valence-electron chi connectivity index (χ3n) is 4.34. The maximum Gasteiger partial charge on any atom is 0.0584 e. The first-order valence-corrected chi connectivity index (χ1v) is 6.66. The highest BCUT2D eigenvalue weighted by Crippen LogP contribution is 2.37. The molecule has 2 aromatic rings. The lowest BCUT2D eigenvalue weighted by Gasteiger charge is -2.37. The minimum atomic E-state index is 0.159. The van der Waals surface area contributed by atoms with E-state index in [1.54, 1.807) is 0 Å². The fraction of sp³-hybridized carbons (Fsp3) is 0.467. The van der Waals surface area contributed by atoms with Crippen LogP contribution in [0.5, 0.6) is 0 Å². The van der Waals surface area contributed by atoms with Crippen LogP contribution in [0.2, 0.25) is 0 Å². The molecular weight excluding hydrogens is 208 g/mol. The number of rotatable bonds is 2. The predicted octanol–water partition coefficient (Wildman–Crippen LogP) is 3.33. The second-order valence-corrected chi connectivity index (χ2v) is 4.99. The second-order valence-electron chi connectivity index (χ2n) is 4.99. The van der Waals surface area contributed by atoms with Crippen molar-refractivity contribution < 1.29 is 0 Å². The van der Waals surface area contributed by atoms with E-state index < -0.39 is 0 Å². The molecule has 3 rings (SSSR count). The Labute approximate surface area is 102 Å². The third-order valence-corrected chi connectivity index (χ3v) is 4.34. The summed E-state index contributed by atoms with van der Waals surface area (Å²) >= 11 is 0. The number of benzene rings is 1. The average molecular weight is 228 g/mol. The highest BCUT2D eigenvalue weighted by molar-refractivity contribution is 5.85. The third kappa shape index (κ3) is 1.44. The van der Waals surface area contributed by atoms with Crippen molar-refractivity contribution >= 4 is 10.9 Å². The van der Waals surface area contributed by atoms with Gasteiger partial charge in [0, 0.05) is 23.1 Å². The quantitative estimate of drug-likeness (QED) is 0.810. The summed E-state index contributed by atoms with van der Waals surface area (Å²) in [5.41, 5.74) is 4.40. The van der Waals surface area contributed by atoms with Crippen molar-refractivity contribution in [2.45, 2.75) is 38.6 Å². The lowest BCUT2D eigenvalue weighted by Crippen LogP contribution is -2.46. The molecule has 0 unspecified atom stereocenters. The van der Waals surface area contributed by atoms with Gasteiger partial charge >= 0.3 is 0 Å². The van der Waals surface area contributed by atoms with E-state index in [1.807, 2.05) is 0 Å². The molecule has 0 radical (unpaired) electrons. The Morgan fingerprint density at radius 2 is 1.94 bits per heavy atom. The van der Waals surface area contributed by atoms with Crippen molar-refractivity contribution in [1.29, 1.82) is 0 Å². The van der Waals surface area contributed by atoms with Crippen LogP contribution in [0.25, 0.3) is 10.9 Å². The molecule has 0 saturated carbocycles. The normalized spacial score (nSPS) is 18.2. The van der Waals surface area contributed by atoms with Gasteiger partial charge in [0.05, 0.1) is 5.54 Å². The Hall–Kier alpha value is -1.28. The molecule has 0 amide bonds. The molecule has 1 aromatic carbocycles. The van der Waals surface area contributed by atoms with E-state index in [2.05, 4.69) is 48.4 Å². The van der Waals surface area contributed by atoms with E-state index in [9.17, 15) is 0 Å². The average Bonchev–Trinajstić information content (AvgIpc) is 2.77. The van der Waals surface area contributed by atoms with Gasteiger partial charge in [-0.1, -0.05) is 32.0 Å². The molecule has 0 bridgehead atoms. The number of aromatic nitrogens is 1. The van der Waals surface area contributed by atoms with Crippen LogP contribution in [0.4, 0.5) is 0 Å². The molecule has 0 aliphatic carbocycles. The number of aromatic amines is 1. The number of fused-ring (bicyclic) bond motifs is 3. The number of para-hydroxylation sites is 1. The molecule has 2 heterocycles. The first-order chi connectivity index (χ1) is 8.30. The molecular formula is C15H20N2. The van der Waals surface area contributed by atoms with Gasteiger partial charge in [-0.25, -0.2) is 0 Å². The molecule has 2 heteroatoms. The monoisotopic (exact) mass is 228 g/mol. The van der Waals surface area contributed by atoms with Crippen LogP contribution >= 0.6 is 0 Å². The zero-order chi connectivity index (χ0) is 11.9. The molecule has 90 valence electrons. The van der Waals surface area contributed by atoms with Gasteiger partial charge in [-0.3, -0.25) is 0 Å². The SMILES string of the molecule is CCC1(CC)NCCc2c1[nH]c1ccccc21. The fourth-order valence-corrected chi connectivity index (χ4v) is 3.24. The molecule has 0 saturated heterocycles. The first kappa shape index (κ1) is 10.8. The molecule has 2 N–H and O–H groups in total. The van der Waals surface area contributed by atoms with E-state index >= 15 is 0 Å². The molecule has 17 heavy (non-hydrogen) atoms. The minimum absolute atomic E-state index is 0.159. The summed E-state index contributed by atoms with van der Waals surface area (Å²) in [5, 5.41) is 5.13. The van der Waals surface area contributed by atoms with Gasteiger partial charge in [0.15, 0.2) is 0 Å². The summed E-state index contributed by atoms with van der Waals surface area (Å²) in [6.45, 7) is 5.64. The zero-order valence-electron chi connectivity index (χ0n) is 10.6. The maximum absolute atomic E-state index is 3.72. The smallest absolute Gasteiger partial charge is 0.0584 e. The van der Waals surface area contributed by atoms with E-state index in [-0.39, 0.29) is 5.54 Å². The largest absolute Gasteiger partial charge is 0.357 e. The van der Waals surface area contributed by atoms with Gasteiger partial charge in [0.1, 0.15) is 0 Å². The van der Waals surface area contributed by atoms with Crippen LogP contribution in [-0.2, 0) is 12.0 Å². The number of hydrogen-bond acceptors (Lipinski definition) is 1. The second kappa shape index (κ2) is 3.88. The zero-order valence-corrected chi connectivity index (χ0v) is 10.6. The van der Waals surface area contributed by atoms with E-state index in [0.29, 0.717) is 0 Å². The Morgan fingerprint density at radius 1 is 1.18 bits per heavy atom. The van der Waals surface area contributed by atoms with Crippen LogP contribution in [0.15, 0.2) is 24.3 Å². The molecule has 1 aromatic heterocycles. The van der Waals surface area contributed by atoms with Gasteiger partial charge in [0.2, 0.25) is 0 Å². The summed E-state index contributed by atoms with van der Waals surface area (Å²) in [6, 6.07) is 8.67. The molecule has 0 spiro atoms. The number of H-pyrrole nitrogens is 1. The van der Waals surface area contributed by atoms with Crippen molar-refractivity contribution in [1.82, 2.24) is 10.3 Å². The number of nitrogens with one attached hydrogen (secondary N) is 2. The van der Waals surface area contributed by atoms with E-state index in [0.717, 1.165) is 25.8 Å². The molecule has 1 aliphatic rings. The van der Waals surface area contributed by atoms with Crippen molar-refractivity contribution in [3.05, 3.63) is 35.5 Å². The maximum atomic E-state index is 3.72. The Morgan fingerprint density at radius 3 is 2.71 bits per heavy atom. The van der Waals surface area contributed by atoms with Crippen molar-refractivity contribution in [3.8, 4) is 0 Å². The van der Waals surface area contributed by atoms with Crippen LogP contribution in [0.1, 0.15) is 37.9 Å². The summed E-state index contributed by atoms with van der Waals surface area (Å²) in [7, 11) is 0. The molecule has 0 fully saturated rings. The van der Waals surface area contributed by atoms with Crippen LogP contribution < -0.4 is 5.32 Å². The van der Waals surface area contributed by atoms with E-state index in [1.165, 1.54) is 22.2 Å². The van der Waals surface area contributed by atoms with Gasteiger partial charge < -0.3 is 10.3 Å². The van der Waals surface area contributed by atoms with Crippen molar-refractivity contribution in [3.63, 3.8) is 0 Å².